The van der Waals surface area contributed by atoms with Gasteiger partial charge in [0.2, 0.25) is 0 Å². The summed E-state index contributed by atoms with van der Waals surface area (Å²) in [5.41, 5.74) is 3.27. The Morgan fingerprint density at radius 1 is 1.03 bits per heavy atom. The van der Waals surface area contributed by atoms with Gasteiger partial charge in [-0.2, -0.15) is 0 Å². The molecular weight excluding hydrogens is 412 g/mol. The summed E-state index contributed by atoms with van der Waals surface area (Å²) < 4.78 is 56.4. The second-order valence-corrected chi connectivity index (χ2v) is 7.03. The molecule has 3 aromatic rings. The van der Waals surface area contributed by atoms with Crippen LogP contribution in [-0.2, 0) is 10.3 Å². The number of aromatic nitrogens is 1. The molecule has 1 atom stereocenters. The number of hydrogen-bond acceptors (Lipinski definition) is 4. The maximum absolute atomic E-state index is 15.1. The highest BCUT2D eigenvalue weighted by molar-refractivity contribution is 6.09. The van der Waals surface area contributed by atoms with Crippen molar-refractivity contribution in [2.45, 2.75) is 12.0 Å². The molecule has 0 saturated carbocycles. The molecule has 5 nitrogen and oxygen atoms in total. The van der Waals surface area contributed by atoms with E-state index in [0.29, 0.717) is 11.6 Å². The van der Waals surface area contributed by atoms with E-state index in [1.165, 1.54) is 7.05 Å². The number of aliphatic imine (C=N–C) groups is 1. The number of pyridine rings is 1. The molecule has 1 unspecified atom stereocenters. The van der Waals surface area contributed by atoms with Gasteiger partial charge >= 0.3 is 0 Å². The first-order valence-electron chi connectivity index (χ1n) is 9.17. The van der Waals surface area contributed by atoms with Crippen LogP contribution in [-0.4, -0.2) is 28.8 Å². The summed E-state index contributed by atoms with van der Waals surface area (Å²) in [4.78, 5) is 22.2. The Balaban J connectivity index is 2.03. The third-order valence-electron chi connectivity index (χ3n) is 5.20. The van der Waals surface area contributed by atoms with E-state index in [1.54, 1.807) is 30.3 Å². The zero-order chi connectivity index (χ0) is 22.3. The van der Waals surface area contributed by atoms with Gasteiger partial charge in [-0.25, -0.2) is 22.6 Å². The van der Waals surface area contributed by atoms with Crippen LogP contribution in [0.3, 0.4) is 0 Å². The van der Waals surface area contributed by atoms with E-state index in [4.69, 9.17) is 5.73 Å². The molecule has 9 heteroatoms. The summed E-state index contributed by atoms with van der Waals surface area (Å²) >= 11 is 0. The van der Waals surface area contributed by atoms with Crippen molar-refractivity contribution in [2.75, 3.05) is 7.05 Å². The fraction of sp³-hybridized carbons (Fsp3) is 0.136. The average Bonchev–Trinajstić information content (AvgIpc) is 2.99. The van der Waals surface area contributed by atoms with E-state index < -0.39 is 35.1 Å². The molecule has 0 spiro atoms. The summed E-state index contributed by atoms with van der Waals surface area (Å²) in [6.07, 6.45) is -0.794. The van der Waals surface area contributed by atoms with E-state index in [2.05, 4.69) is 9.98 Å². The Morgan fingerprint density at radius 2 is 1.74 bits per heavy atom. The Hall–Kier alpha value is -3.75. The van der Waals surface area contributed by atoms with Crippen LogP contribution in [0.2, 0.25) is 0 Å². The van der Waals surface area contributed by atoms with Crippen LogP contribution in [0, 0.1) is 11.6 Å². The monoisotopic (exact) mass is 428 g/mol. The van der Waals surface area contributed by atoms with Crippen LogP contribution in [0.1, 0.15) is 23.1 Å². The molecule has 0 bridgehead atoms. The van der Waals surface area contributed by atoms with Crippen molar-refractivity contribution in [1.29, 1.82) is 0 Å². The van der Waals surface area contributed by atoms with Crippen LogP contribution in [0.4, 0.5) is 17.6 Å². The molecule has 31 heavy (non-hydrogen) atoms. The van der Waals surface area contributed by atoms with Gasteiger partial charge in [0.05, 0.1) is 0 Å². The van der Waals surface area contributed by atoms with Crippen molar-refractivity contribution in [3.8, 4) is 11.1 Å². The molecule has 1 aliphatic heterocycles. The maximum atomic E-state index is 15.1. The molecule has 1 amide bonds. The van der Waals surface area contributed by atoms with E-state index in [0.717, 1.165) is 29.4 Å². The predicted octanol–water partition coefficient (Wildman–Crippen LogP) is 3.99. The van der Waals surface area contributed by atoms with Crippen LogP contribution in [0.5, 0.6) is 0 Å². The van der Waals surface area contributed by atoms with Gasteiger partial charge < -0.3 is 5.73 Å². The van der Waals surface area contributed by atoms with Gasteiger partial charge in [-0.3, -0.25) is 14.7 Å². The van der Waals surface area contributed by atoms with Crippen molar-refractivity contribution in [1.82, 2.24) is 9.88 Å². The summed E-state index contributed by atoms with van der Waals surface area (Å²) in [5.74, 6) is -2.93. The second-order valence-electron chi connectivity index (χ2n) is 7.03. The highest BCUT2D eigenvalue weighted by Gasteiger charge is 2.51. The smallest absolute Gasteiger partial charge is 0.266 e. The van der Waals surface area contributed by atoms with E-state index >= 15 is 4.39 Å². The van der Waals surface area contributed by atoms with Crippen LogP contribution >= 0.6 is 0 Å². The topological polar surface area (TPSA) is 71.6 Å². The van der Waals surface area contributed by atoms with Crippen molar-refractivity contribution in [3.63, 3.8) is 0 Å². The van der Waals surface area contributed by atoms with Gasteiger partial charge in [0.15, 0.2) is 11.5 Å². The standard InChI is InChI=1S/C22H16F4N4O/c1-30-20(31)22(29-21(30)27,14-7-13(19(25)26)10-28-11-14)16-8-15(17(23)9-18(16)24)12-5-3-2-4-6-12/h2-11,19H,1H3,(H2,27,29). The van der Waals surface area contributed by atoms with Crippen molar-refractivity contribution < 1.29 is 22.4 Å². The predicted molar refractivity (Wildman–Crippen MR) is 106 cm³/mol. The quantitative estimate of drug-likeness (QED) is 0.639. The van der Waals surface area contributed by atoms with Gasteiger partial charge in [-0.15, -0.1) is 0 Å². The van der Waals surface area contributed by atoms with Gasteiger partial charge in [-0.1, -0.05) is 30.3 Å². The number of nitrogens with zero attached hydrogens (tertiary/aromatic N) is 3. The average molecular weight is 428 g/mol. The molecule has 0 saturated heterocycles. The Kier molecular flexibility index (Phi) is 4.96. The fourth-order valence-electron chi connectivity index (χ4n) is 3.60. The second kappa shape index (κ2) is 7.50. The number of rotatable bonds is 4. The third kappa shape index (κ3) is 3.22. The zero-order valence-electron chi connectivity index (χ0n) is 16.2. The zero-order valence-corrected chi connectivity index (χ0v) is 16.2. The number of benzene rings is 2. The third-order valence-corrected chi connectivity index (χ3v) is 5.20. The number of alkyl halides is 2. The Morgan fingerprint density at radius 3 is 2.35 bits per heavy atom. The highest BCUT2D eigenvalue weighted by atomic mass is 19.3. The van der Waals surface area contributed by atoms with E-state index in [1.807, 2.05) is 0 Å². The molecular formula is C22H16F4N4O. The van der Waals surface area contributed by atoms with Gasteiger partial charge in [0.1, 0.15) is 11.6 Å². The molecule has 2 aromatic carbocycles. The van der Waals surface area contributed by atoms with Crippen LogP contribution in [0.25, 0.3) is 11.1 Å². The Labute approximate surface area is 174 Å². The first kappa shape index (κ1) is 20.5. The number of likely N-dealkylation sites (N-methyl/N-ethyl adjacent to an activating group) is 1. The Bertz CT molecular complexity index is 1200. The van der Waals surface area contributed by atoms with Crippen molar-refractivity contribution in [2.24, 2.45) is 10.7 Å². The van der Waals surface area contributed by atoms with Crippen molar-refractivity contribution in [3.05, 3.63) is 89.2 Å². The maximum Gasteiger partial charge on any atom is 0.266 e. The first-order valence-corrected chi connectivity index (χ1v) is 9.17. The number of carbonyl (C=O) groups is 1. The molecule has 1 aliphatic rings. The molecule has 0 radical (unpaired) electrons. The number of amides is 1. The number of halogens is 4. The number of guanidine groups is 1. The summed E-state index contributed by atoms with van der Waals surface area (Å²) in [6.45, 7) is 0. The molecule has 158 valence electrons. The lowest BCUT2D eigenvalue weighted by molar-refractivity contribution is -0.129. The lowest BCUT2D eigenvalue weighted by Crippen LogP contribution is -2.41. The minimum atomic E-state index is -2.88. The number of nitrogens with two attached hydrogens (primary N) is 1. The van der Waals surface area contributed by atoms with Gasteiger partial charge in [-0.05, 0) is 17.7 Å². The normalized spacial score (nSPS) is 18.6. The molecule has 2 heterocycles. The van der Waals surface area contributed by atoms with E-state index in [-0.39, 0.29) is 22.6 Å². The molecule has 1 aromatic heterocycles. The van der Waals surface area contributed by atoms with Gasteiger partial charge in [0.25, 0.3) is 12.3 Å². The SMILES string of the molecule is CN1C(=O)C(c2cncc(C(F)F)c2)(c2cc(-c3ccccc3)c(F)cc2F)N=C1N. The molecule has 0 aliphatic carbocycles. The molecule has 0 fully saturated rings. The minimum Gasteiger partial charge on any atom is -0.369 e. The first-order chi connectivity index (χ1) is 14.8. The highest BCUT2D eigenvalue weighted by Crippen LogP contribution is 2.42. The molecule has 4 rings (SSSR count). The van der Waals surface area contributed by atoms with E-state index in [9.17, 15) is 18.0 Å². The minimum absolute atomic E-state index is 0.0190. The summed E-state index contributed by atoms with van der Waals surface area (Å²) in [6, 6.07) is 11.1. The van der Waals surface area contributed by atoms with Crippen LogP contribution < -0.4 is 5.73 Å². The van der Waals surface area contributed by atoms with Gasteiger partial charge in [0, 0.05) is 47.8 Å². The summed E-state index contributed by atoms with van der Waals surface area (Å²) in [7, 11) is 1.33. The number of hydrogen-bond donors (Lipinski definition) is 1. The molecule has 2 N–H and O–H groups in total. The van der Waals surface area contributed by atoms with Crippen LogP contribution in [0.15, 0.2) is 65.9 Å². The number of carbonyl (C=O) groups excluding carboxylic acids is 1. The van der Waals surface area contributed by atoms with Crippen molar-refractivity contribution >= 4 is 11.9 Å². The summed E-state index contributed by atoms with van der Waals surface area (Å²) in [5, 5.41) is 0. The lowest BCUT2D eigenvalue weighted by atomic mass is 9.81. The largest absolute Gasteiger partial charge is 0.369 e. The fourth-order valence-corrected chi connectivity index (χ4v) is 3.60. The lowest BCUT2D eigenvalue weighted by Gasteiger charge is -2.27.